The normalized spacial score (nSPS) is 11.6. The van der Waals surface area contributed by atoms with Crippen molar-refractivity contribution in [1.29, 1.82) is 5.26 Å². The van der Waals surface area contributed by atoms with Gasteiger partial charge in [0.2, 0.25) is 5.75 Å². The minimum Gasteiger partial charge on any atom is -0.493 e. The van der Waals surface area contributed by atoms with E-state index >= 15 is 0 Å². The summed E-state index contributed by atoms with van der Waals surface area (Å²) in [4.78, 5) is 0. The smallest absolute Gasteiger partial charge is 0.204 e. The van der Waals surface area contributed by atoms with Gasteiger partial charge in [0.15, 0.2) is 23.4 Å². The molecule has 2 rings (SSSR count). The SMILES string of the molecule is CCC(Oc1c(OC)cc(C#N)cc1OC)c1cc(C)no1. The van der Waals surface area contributed by atoms with E-state index in [2.05, 4.69) is 11.2 Å². The molecule has 0 aliphatic carbocycles. The zero-order valence-corrected chi connectivity index (χ0v) is 13.0. The molecule has 0 spiro atoms. The summed E-state index contributed by atoms with van der Waals surface area (Å²) in [5.41, 5.74) is 1.22. The average molecular weight is 302 g/mol. The second-order valence-corrected chi connectivity index (χ2v) is 4.71. The van der Waals surface area contributed by atoms with Crippen molar-refractivity contribution >= 4 is 0 Å². The van der Waals surface area contributed by atoms with Crippen molar-refractivity contribution in [2.24, 2.45) is 0 Å². The molecular weight excluding hydrogens is 284 g/mol. The van der Waals surface area contributed by atoms with E-state index in [1.54, 1.807) is 12.1 Å². The molecule has 1 aromatic carbocycles. The van der Waals surface area contributed by atoms with Crippen LogP contribution in [0.3, 0.4) is 0 Å². The second kappa shape index (κ2) is 6.85. The van der Waals surface area contributed by atoms with E-state index in [-0.39, 0.29) is 6.10 Å². The standard InChI is InChI=1S/C16H18N2O4/c1-5-12(13-6-10(2)18-22-13)21-16-14(19-3)7-11(9-17)8-15(16)20-4/h6-8,12H,5H2,1-4H3. The zero-order valence-electron chi connectivity index (χ0n) is 13.0. The second-order valence-electron chi connectivity index (χ2n) is 4.71. The van der Waals surface area contributed by atoms with E-state index in [1.165, 1.54) is 14.2 Å². The fourth-order valence-electron chi connectivity index (χ4n) is 2.08. The Kier molecular flexibility index (Phi) is 4.89. The molecule has 0 aliphatic heterocycles. The third kappa shape index (κ3) is 3.14. The van der Waals surface area contributed by atoms with E-state index in [0.717, 1.165) is 5.69 Å². The molecule has 22 heavy (non-hydrogen) atoms. The van der Waals surface area contributed by atoms with Crippen molar-refractivity contribution in [1.82, 2.24) is 5.16 Å². The van der Waals surface area contributed by atoms with Crippen LogP contribution in [0.4, 0.5) is 0 Å². The van der Waals surface area contributed by atoms with Crippen molar-refractivity contribution in [3.63, 3.8) is 0 Å². The van der Waals surface area contributed by atoms with E-state index in [1.807, 2.05) is 19.9 Å². The first-order chi connectivity index (χ1) is 10.6. The molecule has 1 heterocycles. The van der Waals surface area contributed by atoms with Gasteiger partial charge in [-0.15, -0.1) is 0 Å². The van der Waals surface area contributed by atoms with Crippen molar-refractivity contribution in [3.05, 3.63) is 35.2 Å². The van der Waals surface area contributed by atoms with E-state index in [0.29, 0.717) is 35.0 Å². The van der Waals surface area contributed by atoms with Gasteiger partial charge in [-0.05, 0) is 13.3 Å². The first-order valence-electron chi connectivity index (χ1n) is 6.88. The third-order valence-corrected chi connectivity index (χ3v) is 3.18. The summed E-state index contributed by atoms with van der Waals surface area (Å²) in [6.07, 6.45) is 0.359. The molecule has 1 aromatic heterocycles. The Morgan fingerprint density at radius 1 is 1.23 bits per heavy atom. The van der Waals surface area contributed by atoms with Gasteiger partial charge in [0.05, 0.1) is 31.5 Å². The lowest BCUT2D eigenvalue weighted by Gasteiger charge is -2.19. The van der Waals surface area contributed by atoms with Crippen molar-refractivity contribution < 1.29 is 18.7 Å². The van der Waals surface area contributed by atoms with Gasteiger partial charge < -0.3 is 18.7 Å². The van der Waals surface area contributed by atoms with Crippen LogP contribution >= 0.6 is 0 Å². The van der Waals surface area contributed by atoms with Crippen LogP contribution in [0.2, 0.25) is 0 Å². The molecule has 0 fully saturated rings. The number of benzene rings is 1. The van der Waals surface area contributed by atoms with Crippen LogP contribution < -0.4 is 14.2 Å². The quantitative estimate of drug-likeness (QED) is 0.813. The fourth-order valence-corrected chi connectivity index (χ4v) is 2.08. The Morgan fingerprint density at radius 2 is 1.86 bits per heavy atom. The molecular formula is C16H18N2O4. The van der Waals surface area contributed by atoms with Gasteiger partial charge in [-0.3, -0.25) is 0 Å². The molecule has 0 N–H and O–H groups in total. The summed E-state index contributed by atoms with van der Waals surface area (Å²) >= 11 is 0. The zero-order chi connectivity index (χ0) is 16.1. The van der Waals surface area contributed by atoms with Crippen LogP contribution in [0.25, 0.3) is 0 Å². The molecule has 0 aliphatic rings. The molecule has 2 aromatic rings. The number of hydrogen-bond donors (Lipinski definition) is 0. The van der Waals surface area contributed by atoms with Crippen LogP contribution in [0.5, 0.6) is 17.2 Å². The lowest BCUT2D eigenvalue weighted by Crippen LogP contribution is -2.08. The Hall–Kier alpha value is -2.68. The number of methoxy groups -OCH3 is 2. The van der Waals surface area contributed by atoms with E-state index < -0.39 is 0 Å². The Labute approximate surface area is 129 Å². The van der Waals surface area contributed by atoms with E-state index in [4.69, 9.17) is 24.0 Å². The summed E-state index contributed by atoms with van der Waals surface area (Å²) in [5, 5.41) is 12.9. The Morgan fingerprint density at radius 3 is 2.27 bits per heavy atom. The first kappa shape index (κ1) is 15.7. The molecule has 1 unspecified atom stereocenters. The van der Waals surface area contributed by atoms with Crippen LogP contribution in [-0.4, -0.2) is 19.4 Å². The third-order valence-electron chi connectivity index (χ3n) is 3.18. The number of hydrogen-bond acceptors (Lipinski definition) is 6. The van der Waals surface area contributed by atoms with Gasteiger partial charge in [-0.25, -0.2) is 0 Å². The highest BCUT2D eigenvalue weighted by Crippen LogP contribution is 2.41. The summed E-state index contributed by atoms with van der Waals surface area (Å²) in [6, 6.07) is 7.11. The maximum atomic E-state index is 9.05. The number of nitriles is 1. The van der Waals surface area contributed by atoms with Gasteiger partial charge in [0.25, 0.3) is 0 Å². The predicted octanol–water partition coefficient (Wildman–Crippen LogP) is 3.40. The predicted molar refractivity (Wildman–Crippen MR) is 79.2 cm³/mol. The van der Waals surface area contributed by atoms with Gasteiger partial charge >= 0.3 is 0 Å². The highest BCUT2D eigenvalue weighted by atomic mass is 16.6. The summed E-state index contributed by atoms with van der Waals surface area (Å²) < 4.78 is 21.9. The molecule has 0 bridgehead atoms. The first-order valence-corrected chi connectivity index (χ1v) is 6.88. The molecule has 0 amide bonds. The van der Waals surface area contributed by atoms with Gasteiger partial charge in [-0.2, -0.15) is 5.26 Å². The molecule has 1 atom stereocenters. The van der Waals surface area contributed by atoms with Crippen LogP contribution in [-0.2, 0) is 0 Å². The van der Waals surface area contributed by atoms with Gasteiger partial charge in [-0.1, -0.05) is 12.1 Å². The minimum atomic E-state index is -0.322. The summed E-state index contributed by atoms with van der Waals surface area (Å²) in [6.45, 7) is 3.83. The fraction of sp³-hybridized carbons (Fsp3) is 0.375. The van der Waals surface area contributed by atoms with Gasteiger partial charge in [0, 0.05) is 18.2 Å². The summed E-state index contributed by atoms with van der Waals surface area (Å²) in [7, 11) is 3.03. The number of nitrogens with zero attached hydrogens (tertiary/aromatic N) is 2. The molecule has 116 valence electrons. The molecule has 6 heteroatoms. The minimum absolute atomic E-state index is 0.322. The molecule has 0 saturated heterocycles. The lowest BCUT2D eigenvalue weighted by molar-refractivity contribution is 0.149. The Bertz CT molecular complexity index is 663. The van der Waals surface area contributed by atoms with Crippen LogP contribution in [0, 0.1) is 18.3 Å². The lowest BCUT2D eigenvalue weighted by atomic mass is 10.1. The monoisotopic (exact) mass is 302 g/mol. The Balaban J connectivity index is 2.40. The number of rotatable bonds is 6. The van der Waals surface area contributed by atoms with Crippen LogP contribution in [0.1, 0.15) is 36.5 Å². The molecule has 0 saturated carbocycles. The summed E-state index contributed by atoms with van der Waals surface area (Å²) in [5.74, 6) is 1.94. The van der Waals surface area contributed by atoms with Crippen molar-refractivity contribution in [2.45, 2.75) is 26.4 Å². The largest absolute Gasteiger partial charge is 0.493 e. The average Bonchev–Trinajstić information content (AvgIpc) is 2.98. The number of ether oxygens (including phenoxy) is 3. The van der Waals surface area contributed by atoms with Crippen molar-refractivity contribution in [3.8, 4) is 23.3 Å². The number of aromatic nitrogens is 1. The number of aryl methyl sites for hydroxylation is 1. The van der Waals surface area contributed by atoms with Crippen molar-refractivity contribution in [2.75, 3.05) is 14.2 Å². The molecule has 0 radical (unpaired) electrons. The van der Waals surface area contributed by atoms with E-state index in [9.17, 15) is 0 Å². The van der Waals surface area contributed by atoms with Gasteiger partial charge in [0.1, 0.15) is 0 Å². The maximum absolute atomic E-state index is 9.05. The van der Waals surface area contributed by atoms with Crippen LogP contribution in [0.15, 0.2) is 22.7 Å². The topological polar surface area (TPSA) is 77.5 Å². The highest BCUT2D eigenvalue weighted by molar-refractivity contribution is 5.56. The molecule has 6 nitrogen and oxygen atoms in total. The highest BCUT2D eigenvalue weighted by Gasteiger charge is 2.22. The maximum Gasteiger partial charge on any atom is 0.204 e.